The van der Waals surface area contributed by atoms with Gasteiger partial charge in [-0.1, -0.05) is 30.3 Å². The van der Waals surface area contributed by atoms with E-state index in [2.05, 4.69) is 20.1 Å². The first-order valence-corrected chi connectivity index (χ1v) is 11.0. The Morgan fingerprint density at radius 1 is 1.10 bits per heavy atom. The van der Waals surface area contributed by atoms with Gasteiger partial charge in [-0.15, -0.1) is 0 Å². The smallest absolute Gasteiger partial charge is 0.339 e. The fourth-order valence-electron chi connectivity index (χ4n) is 3.73. The summed E-state index contributed by atoms with van der Waals surface area (Å²) < 4.78 is 5.01. The van der Waals surface area contributed by atoms with Gasteiger partial charge in [-0.3, -0.25) is 4.79 Å². The van der Waals surface area contributed by atoms with E-state index in [0.717, 1.165) is 50.5 Å². The maximum Gasteiger partial charge on any atom is 0.339 e. The highest BCUT2D eigenvalue weighted by molar-refractivity contribution is 5.89. The molecule has 1 aromatic heterocycles. The molecule has 1 unspecified atom stereocenters. The highest BCUT2D eigenvalue weighted by Crippen LogP contribution is 2.15. The molecular formula is C24H32N4O3. The Morgan fingerprint density at radius 2 is 1.90 bits per heavy atom. The lowest BCUT2D eigenvalue weighted by Gasteiger charge is -2.23. The minimum Gasteiger partial charge on any atom is -0.462 e. The van der Waals surface area contributed by atoms with Gasteiger partial charge in [0.15, 0.2) is 0 Å². The molecule has 166 valence electrons. The van der Waals surface area contributed by atoms with Crippen LogP contribution < -0.4 is 10.2 Å². The van der Waals surface area contributed by atoms with Crippen LogP contribution in [0.15, 0.2) is 48.7 Å². The lowest BCUT2D eigenvalue weighted by Crippen LogP contribution is -2.35. The highest BCUT2D eigenvalue weighted by Gasteiger charge is 2.18. The molecule has 7 heteroatoms. The summed E-state index contributed by atoms with van der Waals surface area (Å²) in [6, 6.07) is 13.7. The predicted octanol–water partition coefficient (Wildman–Crippen LogP) is 3.04. The Kier molecular flexibility index (Phi) is 8.41. The second-order valence-corrected chi connectivity index (χ2v) is 7.76. The van der Waals surface area contributed by atoms with Crippen LogP contribution >= 0.6 is 0 Å². The zero-order chi connectivity index (χ0) is 22.1. The van der Waals surface area contributed by atoms with Crippen LogP contribution in [-0.2, 0) is 9.53 Å². The molecule has 1 fully saturated rings. The minimum absolute atomic E-state index is 0.0111. The maximum absolute atomic E-state index is 12.4. The summed E-state index contributed by atoms with van der Waals surface area (Å²) in [5, 5.41) is 3.09. The molecule has 1 aliphatic rings. The van der Waals surface area contributed by atoms with Crippen LogP contribution in [0.5, 0.6) is 0 Å². The number of rotatable bonds is 8. The largest absolute Gasteiger partial charge is 0.462 e. The van der Waals surface area contributed by atoms with Crippen molar-refractivity contribution in [3.63, 3.8) is 0 Å². The molecule has 0 bridgehead atoms. The summed E-state index contributed by atoms with van der Waals surface area (Å²) >= 11 is 0. The summed E-state index contributed by atoms with van der Waals surface area (Å²) in [7, 11) is 0. The summed E-state index contributed by atoms with van der Waals surface area (Å²) in [5.74, 6) is 0.599. The molecular weight excluding hydrogens is 392 g/mol. The van der Waals surface area contributed by atoms with E-state index in [1.807, 2.05) is 43.3 Å². The van der Waals surface area contributed by atoms with Crippen LogP contribution in [0.25, 0.3) is 0 Å². The van der Waals surface area contributed by atoms with Crippen LogP contribution in [0.3, 0.4) is 0 Å². The molecule has 0 saturated carbocycles. The number of aromatic nitrogens is 1. The van der Waals surface area contributed by atoms with E-state index in [1.54, 1.807) is 19.2 Å². The lowest BCUT2D eigenvalue weighted by atomic mass is 10.1. The van der Waals surface area contributed by atoms with E-state index in [-0.39, 0.29) is 17.9 Å². The first-order valence-electron chi connectivity index (χ1n) is 11.0. The number of amides is 1. The molecule has 0 radical (unpaired) electrons. The number of pyridine rings is 1. The van der Waals surface area contributed by atoms with E-state index in [0.29, 0.717) is 18.6 Å². The van der Waals surface area contributed by atoms with Crippen molar-refractivity contribution in [1.82, 2.24) is 15.2 Å². The second kappa shape index (κ2) is 11.5. The summed E-state index contributed by atoms with van der Waals surface area (Å²) in [4.78, 5) is 33.2. The monoisotopic (exact) mass is 424 g/mol. The van der Waals surface area contributed by atoms with E-state index < -0.39 is 0 Å². The van der Waals surface area contributed by atoms with Crippen molar-refractivity contribution >= 4 is 17.7 Å². The molecule has 0 aliphatic carbocycles. The van der Waals surface area contributed by atoms with E-state index in [9.17, 15) is 9.59 Å². The highest BCUT2D eigenvalue weighted by atomic mass is 16.5. The van der Waals surface area contributed by atoms with Crippen molar-refractivity contribution in [1.29, 1.82) is 0 Å². The summed E-state index contributed by atoms with van der Waals surface area (Å²) in [6.07, 6.45) is 3.07. The van der Waals surface area contributed by atoms with Gasteiger partial charge in [0.2, 0.25) is 5.91 Å². The molecule has 7 nitrogen and oxygen atoms in total. The third-order valence-corrected chi connectivity index (χ3v) is 5.50. The number of ether oxygens (including phenoxy) is 1. The molecule has 2 aromatic rings. The van der Waals surface area contributed by atoms with Gasteiger partial charge in [-0.2, -0.15) is 0 Å². The minimum atomic E-state index is -0.344. The molecule has 1 atom stereocenters. The molecule has 1 amide bonds. The number of benzene rings is 1. The van der Waals surface area contributed by atoms with Gasteiger partial charge in [0, 0.05) is 38.8 Å². The fraction of sp³-hybridized carbons (Fsp3) is 0.458. The molecule has 1 aliphatic heterocycles. The van der Waals surface area contributed by atoms with Gasteiger partial charge in [0.05, 0.1) is 18.2 Å². The van der Waals surface area contributed by atoms with Crippen LogP contribution in [-0.4, -0.2) is 61.1 Å². The van der Waals surface area contributed by atoms with Crippen LogP contribution in [0.1, 0.15) is 48.7 Å². The topological polar surface area (TPSA) is 74.8 Å². The molecule has 1 N–H and O–H groups in total. The number of nitrogens with zero attached hydrogens (tertiary/aromatic N) is 3. The molecule has 2 heterocycles. The first kappa shape index (κ1) is 22.7. The Bertz CT molecular complexity index is 842. The zero-order valence-corrected chi connectivity index (χ0v) is 18.4. The lowest BCUT2D eigenvalue weighted by molar-refractivity contribution is -0.122. The Labute approximate surface area is 184 Å². The van der Waals surface area contributed by atoms with Gasteiger partial charge in [0.1, 0.15) is 5.82 Å². The number of anilines is 1. The van der Waals surface area contributed by atoms with Crippen LogP contribution in [0, 0.1) is 0 Å². The predicted molar refractivity (Wildman–Crippen MR) is 121 cm³/mol. The van der Waals surface area contributed by atoms with Crippen molar-refractivity contribution in [2.75, 3.05) is 44.2 Å². The molecule has 3 rings (SSSR count). The SMILES string of the molecule is CCOC(=O)c1ccc(N2CCCN(CCC(=O)NC(C)c3ccccc3)CC2)nc1. The number of carbonyl (C=O) groups is 2. The van der Waals surface area contributed by atoms with E-state index in [1.165, 1.54) is 0 Å². The number of esters is 1. The van der Waals surface area contributed by atoms with Gasteiger partial charge in [0.25, 0.3) is 0 Å². The second-order valence-electron chi connectivity index (χ2n) is 7.76. The molecule has 31 heavy (non-hydrogen) atoms. The van der Waals surface area contributed by atoms with Crippen molar-refractivity contribution < 1.29 is 14.3 Å². The number of hydrogen-bond donors (Lipinski definition) is 1. The fourth-order valence-corrected chi connectivity index (χ4v) is 3.73. The van der Waals surface area contributed by atoms with Gasteiger partial charge >= 0.3 is 5.97 Å². The number of nitrogens with one attached hydrogen (secondary N) is 1. The standard InChI is InChI=1S/C24H32N4O3/c1-3-31-24(30)21-10-11-22(25-18-21)28-14-7-13-27(16-17-28)15-12-23(29)26-19(2)20-8-5-4-6-9-20/h4-6,8-11,18-19H,3,7,12-17H2,1-2H3,(H,26,29). The van der Waals surface area contributed by atoms with Crippen LogP contribution in [0.4, 0.5) is 5.82 Å². The molecule has 1 saturated heterocycles. The Balaban J connectivity index is 1.44. The van der Waals surface area contributed by atoms with Gasteiger partial charge < -0.3 is 19.9 Å². The maximum atomic E-state index is 12.4. The third kappa shape index (κ3) is 6.79. The van der Waals surface area contributed by atoms with Crippen molar-refractivity contribution in [3.8, 4) is 0 Å². The Hall–Kier alpha value is -2.93. The molecule has 1 aromatic carbocycles. The number of hydrogen-bond acceptors (Lipinski definition) is 6. The van der Waals surface area contributed by atoms with Crippen molar-refractivity contribution in [2.24, 2.45) is 0 Å². The third-order valence-electron chi connectivity index (χ3n) is 5.50. The van der Waals surface area contributed by atoms with E-state index in [4.69, 9.17) is 4.74 Å². The van der Waals surface area contributed by atoms with Crippen molar-refractivity contribution in [2.45, 2.75) is 32.7 Å². The summed E-state index contributed by atoms with van der Waals surface area (Å²) in [6.45, 7) is 8.48. The van der Waals surface area contributed by atoms with Crippen molar-refractivity contribution in [3.05, 3.63) is 59.8 Å². The average Bonchev–Trinajstić information content (AvgIpc) is 3.04. The zero-order valence-electron chi connectivity index (χ0n) is 18.4. The summed E-state index contributed by atoms with van der Waals surface area (Å²) in [5.41, 5.74) is 1.58. The van der Waals surface area contributed by atoms with E-state index >= 15 is 0 Å². The number of carbonyl (C=O) groups excluding carboxylic acids is 2. The first-order chi connectivity index (χ1) is 15.1. The molecule has 0 spiro atoms. The van der Waals surface area contributed by atoms with Gasteiger partial charge in [-0.25, -0.2) is 9.78 Å². The average molecular weight is 425 g/mol. The Morgan fingerprint density at radius 3 is 2.61 bits per heavy atom. The quantitative estimate of drug-likeness (QED) is 0.657. The van der Waals surface area contributed by atoms with Crippen LogP contribution in [0.2, 0.25) is 0 Å². The normalized spacial score (nSPS) is 15.7. The van der Waals surface area contributed by atoms with Gasteiger partial charge in [-0.05, 0) is 44.5 Å².